The predicted molar refractivity (Wildman–Crippen MR) is 73.2 cm³/mol. The number of hydrogen-bond donors (Lipinski definition) is 2. The lowest BCUT2D eigenvalue weighted by Crippen LogP contribution is -2.48. The number of benzene rings is 1. The molecule has 1 aromatic carbocycles. The van der Waals surface area contributed by atoms with Gasteiger partial charge in [-0.15, -0.1) is 0 Å². The molecule has 0 heterocycles. The molecule has 1 aliphatic rings. The summed E-state index contributed by atoms with van der Waals surface area (Å²) in [6, 6.07) is 10.7. The lowest BCUT2D eigenvalue weighted by Gasteiger charge is -2.37. The molecule has 1 aromatic rings. The van der Waals surface area contributed by atoms with Crippen molar-refractivity contribution in [2.75, 3.05) is 0 Å². The number of carbonyl (C=O) groups excluding carboxylic acids is 1. The molecule has 0 aromatic heterocycles. The summed E-state index contributed by atoms with van der Waals surface area (Å²) in [5.41, 5.74) is 7.11. The largest absolute Gasteiger partial charge is 0.353 e. The van der Waals surface area contributed by atoms with E-state index in [1.165, 1.54) is 5.56 Å². The molecule has 0 aliphatic heterocycles. The molecule has 0 radical (unpaired) electrons. The molecule has 0 spiro atoms. The zero-order valence-electron chi connectivity index (χ0n) is 11.1. The van der Waals surface area contributed by atoms with E-state index in [2.05, 4.69) is 29.6 Å². The molecule has 3 nitrogen and oxygen atoms in total. The number of hydrogen-bond acceptors (Lipinski definition) is 2. The summed E-state index contributed by atoms with van der Waals surface area (Å²) in [6.45, 7) is 3.76. The van der Waals surface area contributed by atoms with Crippen LogP contribution in [0.2, 0.25) is 0 Å². The quantitative estimate of drug-likeness (QED) is 0.854. The van der Waals surface area contributed by atoms with Gasteiger partial charge in [-0.2, -0.15) is 0 Å². The Bertz CT molecular complexity index is 396. The predicted octanol–water partition coefficient (Wildman–Crippen LogP) is 2.03. The second kappa shape index (κ2) is 5.53. The van der Waals surface area contributed by atoms with E-state index in [9.17, 15) is 4.79 Å². The van der Waals surface area contributed by atoms with Crippen LogP contribution in [-0.4, -0.2) is 18.0 Å². The molecule has 3 N–H and O–H groups in total. The minimum atomic E-state index is -0.110. The van der Waals surface area contributed by atoms with Crippen molar-refractivity contribution in [1.29, 1.82) is 0 Å². The molecule has 2 rings (SSSR count). The van der Waals surface area contributed by atoms with Crippen molar-refractivity contribution in [3.05, 3.63) is 35.9 Å². The van der Waals surface area contributed by atoms with E-state index >= 15 is 0 Å². The third-order valence-electron chi connectivity index (χ3n) is 3.96. The average Bonchev–Trinajstić information content (AvgIpc) is 2.32. The number of nitrogens with two attached hydrogens (primary N) is 1. The van der Waals surface area contributed by atoms with Gasteiger partial charge in [-0.05, 0) is 31.2 Å². The van der Waals surface area contributed by atoms with Crippen LogP contribution in [0.1, 0.15) is 38.2 Å². The zero-order chi connectivity index (χ0) is 13.1. The highest BCUT2D eigenvalue weighted by atomic mass is 16.2. The molecule has 0 bridgehead atoms. The van der Waals surface area contributed by atoms with Crippen LogP contribution in [0.4, 0.5) is 0 Å². The summed E-state index contributed by atoms with van der Waals surface area (Å²) in [7, 11) is 0. The second-order valence-corrected chi connectivity index (χ2v) is 5.43. The fourth-order valence-electron chi connectivity index (χ4n) is 2.30. The van der Waals surface area contributed by atoms with E-state index in [1.54, 1.807) is 0 Å². The Morgan fingerprint density at radius 1 is 1.28 bits per heavy atom. The van der Waals surface area contributed by atoms with Crippen LogP contribution >= 0.6 is 0 Å². The van der Waals surface area contributed by atoms with Crippen LogP contribution in [0.5, 0.6) is 0 Å². The lowest BCUT2D eigenvalue weighted by molar-refractivity contribution is -0.126. The summed E-state index contributed by atoms with van der Waals surface area (Å²) in [5, 5.41) is 3.08. The van der Waals surface area contributed by atoms with E-state index < -0.39 is 0 Å². The first-order chi connectivity index (χ1) is 8.58. The van der Waals surface area contributed by atoms with Crippen molar-refractivity contribution in [2.45, 2.75) is 44.7 Å². The van der Waals surface area contributed by atoms with Gasteiger partial charge in [0.05, 0.1) is 0 Å². The van der Waals surface area contributed by atoms with E-state index in [4.69, 9.17) is 5.73 Å². The van der Waals surface area contributed by atoms with Crippen molar-refractivity contribution in [3.63, 3.8) is 0 Å². The molecule has 3 heteroatoms. The molecular weight excluding hydrogens is 224 g/mol. The second-order valence-electron chi connectivity index (χ2n) is 5.43. The van der Waals surface area contributed by atoms with Crippen LogP contribution in [0, 0.1) is 5.92 Å². The first kappa shape index (κ1) is 13.1. The molecule has 2 unspecified atom stereocenters. The van der Waals surface area contributed by atoms with Crippen LogP contribution in [0.25, 0.3) is 0 Å². The Balaban J connectivity index is 1.78. The molecule has 1 fully saturated rings. The zero-order valence-corrected chi connectivity index (χ0v) is 11.1. The summed E-state index contributed by atoms with van der Waals surface area (Å²) in [5.74, 6) is 0.574. The van der Waals surface area contributed by atoms with Gasteiger partial charge in [-0.1, -0.05) is 37.3 Å². The van der Waals surface area contributed by atoms with Crippen molar-refractivity contribution in [1.82, 2.24) is 5.32 Å². The van der Waals surface area contributed by atoms with Crippen molar-refractivity contribution < 1.29 is 4.79 Å². The first-order valence-corrected chi connectivity index (χ1v) is 6.69. The van der Waals surface area contributed by atoms with Gasteiger partial charge in [0.15, 0.2) is 0 Å². The first-order valence-electron chi connectivity index (χ1n) is 6.69. The maximum Gasteiger partial charge on any atom is 0.224 e. The summed E-state index contributed by atoms with van der Waals surface area (Å²) in [6.07, 6.45) is 2.09. The van der Waals surface area contributed by atoms with Gasteiger partial charge in [-0.3, -0.25) is 4.79 Å². The van der Waals surface area contributed by atoms with E-state index in [-0.39, 0.29) is 17.9 Å². The van der Waals surface area contributed by atoms with Crippen LogP contribution in [0.3, 0.4) is 0 Å². The average molecular weight is 246 g/mol. The topological polar surface area (TPSA) is 55.1 Å². The van der Waals surface area contributed by atoms with E-state index in [0.717, 1.165) is 12.8 Å². The molecular formula is C15H22N2O. The van der Waals surface area contributed by atoms with Crippen LogP contribution in [0.15, 0.2) is 30.3 Å². The normalized spacial score (nSPS) is 25.9. The third-order valence-corrected chi connectivity index (χ3v) is 3.96. The molecule has 18 heavy (non-hydrogen) atoms. The maximum absolute atomic E-state index is 11.8. The smallest absolute Gasteiger partial charge is 0.224 e. The molecule has 1 amide bonds. The SMILES string of the molecule is CC(N)C(C)C(=O)NC1CC(c2ccccc2)C1. The van der Waals surface area contributed by atoms with Crippen molar-refractivity contribution in [2.24, 2.45) is 11.7 Å². The Kier molecular flexibility index (Phi) is 4.02. The highest BCUT2D eigenvalue weighted by Crippen LogP contribution is 2.36. The Morgan fingerprint density at radius 2 is 1.89 bits per heavy atom. The minimum Gasteiger partial charge on any atom is -0.353 e. The van der Waals surface area contributed by atoms with E-state index in [1.807, 2.05) is 19.9 Å². The van der Waals surface area contributed by atoms with Gasteiger partial charge < -0.3 is 11.1 Å². The van der Waals surface area contributed by atoms with Gasteiger partial charge in [0.2, 0.25) is 5.91 Å². The molecule has 0 saturated heterocycles. The minimum absolute atomic E-state index is 0.0847. The number of nitrogens with one attached hydrogen (secondary N) is 1. The molecule has 1 saturated carbocycles. The van der Waals surface area contributed by atoms with Gasteiger partial charge in [-0.25, -0.2) is 0 Å². The Morgan fingerprint density at radius 3 is 2.44 bits per heavy atom. The molecule has 1 aliphatic carbocycles. The van der Waals surface area contributed by atoms with E-state index in [0.29, 0.717) is 12.0 Å². The lowest BCUT2D eigenvalue weighted by atomic mass is 9.75. The Hall–Kier alpha value is -1.35. The number of amides is 1. The third kappa shape index (κ3) is 2.91. The highest BCUT2D eigenvalue weighted by molar-refractivity contribution is 5.79. The standard InChI is InChI=1S/C15H22N2O/c1-10(11(2)16)15(18)17-14-8-13(9-14)12-6-4-3-5-7-12/h3-7,10-11,13-14H,8-9,16H2,1-2H3,(H,17,18). The van der Waals surface area contributed by atoms with Crippen LogP contribution < -0.4 is 11.1 Å². The van der Waals surface area contributed by atoms with Crippen LogP contribution in [-0.2, 0) is 4.79 Å². The fraction of sp³-hybridized carbons (Fsp3) is 0.533. The highest BCUT2D eigenvalue weighted by Gasteiger charge is 2.32. The van der Waals surface area contributed by atoms with Crippen molar-refractivity contribution in [3.8, 4) is 0 Å². The van der Waals surface area contributed by atoms with Gasteiger partial charge in [0.25, 0.3) is 0 Å². The fourth-order valence-corrected chi connectivity index (χ4v) is 2.30. The van der Waals surface area contributed by atoms with Gasteiger partial charge >= 0.3 is 0 Å². The number of carbonyl (C=O) groups is 1. The monoisotopic (exact) mass is 246 g/mol. The molecule has 2 atom stereocenters. The Labute approximate surface area is 109 Å². The molecule has 98 valence electrons. The van der Waals surface area contributed by atoms with Gasteiger partial charge in [0.1, 0.15) is 0 Å². The number of rotatable bonds is 4. The maximum atomic E-state index is 11.8. The summed E-state index contributed by atoms with van der Waals surface area (Å²) < 4.78 is 0. The van der Waals surface area contributed by atoms with Gasteiger partial charge in [0, 0.05) is 18.0 Å². The summed E-state index contributed by atoms with van der Waals surface area (Å²) >= 11 is 0. The summed E-state index contributed by atoms with van der Waals surface area (Å²) in [4.78, 5) is 11.8. The van der Waals surface area contributed by atoms with Crippen molar-refractivity contribution >= 4 is 5.91 Å².